The Morgan fingerprint density at radius 1 is 1.23 bits per heavy atom. The Kier molecular flexibility index (Phi) is 4.03. The molecule has 2 heterocycles. The van der Waals surface area contributed by atoms with Crippen molar-refractivity contribution in [2.75, 3.05) is 0 Å². The lowest BCUT2D eigenvalue weighted by Gasteiger charge is -2.03. The van der Waals surface area contributed by atoms with Gasteiger partial charge >= 0.3 is 11.7 Å². The molecule has 0 bridgehead atoms. The molecule has 7 nitrogen and oxygen atoms in total. The van der Waals surface area contributed by atoms with Gasteiger partial charge in [-0.15, -0.1) is 11.3 Å². The number of rotatable bonds is 4. The number of thiophene rings is 1. The van der Waals surface area contributed by atoms with E-state index in [9.17, 15) is 9.59 Å². The van der Waals surface area contributed by atoms with E-state index < -0.39 is 11.7 Å². The normalized spacial score (nSPS) is 10.6. The van der Waals surface area contributed by atoms with Gasteiger partial charge in [0.25, 0.3) is 0 Å². The zero-order valence-corrected chi connectivity index (χ0v) is 12.6. The number of hydrogen-bond donors (Lipinski definition) is 0. The first-order chi connectivity index (χ1) is 10.6. The second-order valence-electron chi connectivity index (χ2n) is 4.21. The number of hydrogen-bond acceptors (Lipinski definition) is 6. The van der Waals surface area contributed by atoms with E-state index in [1.165, 1.54) is 11.3 Å². The first-order valence-electron chi connectivity index (χ1n) is 6.16. The van der Waals surface area contributed by atoms with Gasteiger partial charge in [-0.2, -0.15) is 9.36 Å². The topological polar surface area (TPSA) is 79.0 Å². The van der Waals surface area contributed by atoms with Gasteiger partial charge in [-0.05, 0) is 52.2 Å². The monoisotopic (exact) mass is 336 g/mol. The van der Waals surface area contributed by atoms with Crippen LogP contribution in [0.2, 0.25) is 5.02 Å². The minimum absolute atomic E-state index is 0.327. The molecule has 0 N–H and O–H groups in total. The molecule has 0 atom stereocenters. The average Bonchev–Trinajstić information content (AvgIpc) is 3.12. The molecule has 3 aromatic rings. The van der Waals surface area contributed by atoms with Crippen LogP contribution in [0.1, 0.15) is 0 Å². The number of benzene rings is 1. The molecule has 0 unspecified atom stereocenters. The van der Waals surface area contributed by atoms with E-state index in [1.54, 1.807) is 36.4 Å². The maximum Gasteiger partial charge on any atom is 0.369 e. The standard InChI is InChI=1S/C13H9ClN4O3S/c14-9-3-5-10(6-4-9)21-12(19)8-17-13(20)18(16-15-17)11-2-1-7-22-11/h1-7H,8H2. The summed E-state index contributed by atoms with van der Waals surface area (Å²) in [6, 6.07) is 9.85. The lowest BCUT2D eigenvalue weighted by atomic mass is 10.3. The smallest absolute Gasteiger partial charge is 0.369 e. The molecular formula is C13H9ClN4O3S. The fraction of sp³-hybridized carbons (Fsp3) is 0.0769. The summed E-state index contributed by atoms with van der Waals surface area (Å²) < 4.78 is 7.16. The minimum atomic E-state index is -0.623. The number of nitrogens with zero attached hydrogens (tertiary/aromatic N) is 4. The van der Waals surface area contributed by atoms with E-state index in [0.717, 1.165) is 9.36 Å². The van der Waals surface area contributed by atoms with E-state index in [0.29, 0.717) is 15.8 Å². The summed E-state index contributed by atoms with van der Waals surface area (Å²) in [4.78, 5) is 23.9. The first-order valence-corrected chi connectivity index (χ1v) is 7.42. The van der Waals surface area contributed by atoms with E-state index in [4.69, 9.17) is 16.3 Å². The highest BCUT2D eigenvalue weighted by Gasteiger charge is 2.14. The van der Waals surface area contributed by atoms with Crippen LogP contribution < -0.4 is 10.4 Å². The van der Waals surface area contributed by atoms with Crippen molar-refractivity contribution in [2.24, 2.45) is 0 Å². The highest BCUT2D eigenvalue weighted by molar-refractivity contribution is 7.12. The number of aromatic nitrogens is 4. The van der Waals surface area contributed by atoms with Gasteiger partial charge in [0.05, 0.1) is 0 Å². The highest BCUT2D eigenvalue weighted by Crippen LogP contribution is 2.15. The van der Waals surface area contributed by atoms with Gasteiger partial charge in [0.15, 0.2) is 0 Å². The number of halogens is 1. The van der Waals surface area contributed by atoms with Crippen molar-refractivity contribution in [3.8, 4) is 10.8 Å². The van der Waals surface area contributed by atoms with Crippen molar-refractivity contribution in [1.29, 1.82) is 0 Å². The fourth-order valence-electron chi connectivity index (χ4n) is 1.69. The number of tetrazole rings is 1. The van der Waals surface area contributed by atoms with Gasteiger partial charge in [0.1, 0.15) is 17.3 Å². The molecule has 9 heteroatoms. The molecule has 0 saturated carbocycles. The zero-order valence-electron chi connectivity index (χ0n) is 11.0. The maximum absolute atomic E-state index is 12.1. The molecule has 3 rings (SSSR count). The Labute approximate surface area is 133 Å². The lowest BCUT2D eigenvalue weighted by molar-refractivity contribution is -0.135. The molecule has 0 saturated heterocycles. The van der Waals surface area contributed by atoms with Crippen molar-refractivity contribution >= 4 is 28.9 Å². The van der Waals surface area contributed by atoms with Gasteiger partial charge < -0.3 is 4.74 Å². The van der Waals surface area contributed by atoms with Crippen molar-refractivity contribution < 1.29 is 9.53 Å². The third kappa shape index (κ3) is 3.07. The van der Waals surface area contributed by atoms with Gasteiger partial charge in [-0.3, -0.25) is 0 Å². The summed E-state index contributed by atoms with van der Waals surface area (Å²) in [5.41, 5.74) is -0.504. The van der Waals surface area contributed by atoms with Crippen LogP contribution in [0.4, 0.5) is 0 Å². The van der Waals surface area contributed by atoms with Gasteiger partial charge in [0.2, 0.25) is 0 Å². The van der Waals surface area contributed by atoms with E-state index in [-0.39, 0.29) is 6.54 Å². The van der Waals surface area contributed by atoms with Crippen LogP contribution in [0.3, 0.4) is 0 Å². The SMILES string of the molecule is O=C(Cn1nnn(-c2cccs2)c1=O)Oc1ccc(Cl)cc1. The first kappa shape index (κ1) is 14.5. The van der Waals surface area contributed by atoms with Crippen LogP contribution in [0.5, 0.6) is 5.75 Å². The highest BCUT2D eigenvalue weighted by atomic mass is 35.5. The Bertz CT molecular complexity index is 839. The van der Waals surface area contributed by atoms with Gasteiger partial charge in [-0.1, -0.05) is 11.6 Å². The quantitative estimate of drug-likeness (QED) is 0.535. The number of ether oxygens (including phenoxy) is 1. The summed E-state index contributed by atoms with van der Waals surface area (Å²) >= 11 is 7.09. The predicted octanol–water partition coefficient (Wildman–Crippen LogP) is 1.75. The lowest BCUT2D eigenvalue weighted by Crippen LogP contribution is -2.28. The van der Waals surface area contributed by atoms with Crippen LogP contribution in [0.15, 0.2) is 46.6 Å². The maximum atomic E-state index is 12.1. The minimum Gasteiger partial charge on any atom is -0.425 e. The molecule has 0 aliphatic heterocycles. The molecule has 0 amide bonds. The molecule has 0 aliphatic carbocycles. The summed E-state index contributed by atoms with van der Waals surface area (Å²) in [5, 5.41) is 10.4. The molecule has 22 heavy (non-hydrogen) atoms. The van der Waals surface area contributed by atoms with Gasteiger partial charge in [0, 0.05) is 5.02 Å². The third-order valence-corrected chi connectivity index (χ3v) is 3.77. The summed E-state index contributed by atoms with van der Waals surface area (Å²) in [6.07, 6.45) is 0. The average molecular weight is 337 g/mol. The Balaban J connectivity index is 1.72. The number of esters is 1. The second kappa shape index (κ2) is 6.12. The Morgan fingerprint density at radius 2 is 2.00 bits per heavy atom. The van der Waals surface area contributed by atoms with Crippen LogP contribution in [-0.4, -0.2) is 25.8 Å². The van der Waals surface area contributed by atoms with E-state index in [2.05, 4.69) is 10.4 Å². The zero-order chi connectivity index (χ0) is 15.5. The van der Waals surface area contributed by atoms with Crippen LogP contribution in [0, 0.1) is 0 Å². The van der Waals surface area contributed by atoms with Crippen LogP contribution in [0.25, 0.3) is 5.00 Å². The molecule has 2 aromatic heterocycles. The third-order valence-electron chi connectivity index (χ3n) is 2.68. The van der Waals surface area contributed by atoms with E-state index >= 15 is 0 Å². The molecule has 0 radical (unpaired) electrons. The molecule has 0 spiro atoms. The van der Waals surface area contributed by atoms with Crippen molar-refractivity contribution in [1.82, 2.24) is 19.8 Å². The van der Waals surface area contributed by atoms with Crippen molar-refractivity contribution in [3.05, 3.63) is 57.3 Å². The van der Waals surface area contributed by atoms with Gasteiger partial charge in [-0.25, -0.2) is 9.59 Å². The number of carbonyl (C=O) groups excluding carboxylic acids is 1. The number of carbonyl (C=O) groups is 1. The Hall–Kier alpha value is -2.45. The molecule has 112 valence electrons. The van der Waals surface area contributed by atoms with E-state index in [1.807, 2.05) is 5.38 Å². The molecule has 0 aliphatic rings. The summed E-state index contributed by atoms with van der Waals surface area (Å²) in [6.45, 7) is -0.327. The summed E-state index contributed by atoms with van der Waals surface area (Å²) in [5.74, 6) is -0.282. The predicted molar refractivity (Wildman–Crippen MR) is 80.6 cm³/mol. The second-order valence-corrected chi connectivity index (χ2v) is 5.57. The largest absolute Gasteiger partial charge is 0.425 e. The van der Waals surface area contributed by atoms with Crippen LogP contribution >= 0.6 is 22.9 Å². The van der Waals surface area contributed by atoms with Crippen molar-refractivity contribution in [3.63, 3.8) is 0 Å². The molecule has 1 aromatic carbocycles. The fourth-order valence-corrected chi connectivity index (χ4v) is 2.48. The molecular weight excluding hydrogens is 328 g/mol. The summed E-state index contributed by atoms with van der Waals surface area (Å²) in [7, 11) is 0. The van der Waals surface area contributed by atoms with Crippen molar-refractivity contribution in [2.45, 2.75) is 6.54 Å². The Morgan fingerprint density at radius 3 is 2.68 bits per heavy atom. The van der Waals surface area contributed by atoms with Crippen LogP contribution in [-0.2, 0) is 11.3 Å². The molecule has 0 fully saturated rings.